The summed E-state index contributed by atoms with van der Waals surface area (Å²) in [6.45, 7) is 4.04. The molecule has 3 rings (SSSR count). The molecule has 0 radical (unpaired) electrons. The molecule has 0 heterocycles. The van der Waals surface area contributed by atoms with Gasteiger partial charge in [0, 0.05) is 14.6 Å². The molecule has 1 fully saturated rings. The molecule has 2 aliphatic rings. The van der Waals surface area contributed by atoms with Crippen molar-refractivity contribution >= 4 is 34.5 Å². The molecule has 2 aliphatic carbocycles. The van der Waals surface area contributed by atoms with Gasteiger partial charge in [0.05, 0.1) is 6.10 Å². The normalized spacial score (nSPS) is 30.6. The predicted molar refractivity (Wildman–Crippen MR) is 97.4 cm³/mol. The molecule has 22 heavy (non-hydrogen) atoms. The summed E-state index contributed by atoms with van der Waals surface area (Å²) in [5.41, 5.74) is 3.64. The fraction of sp³-hybridized carbons (Fsp3) is 0.421. The number of aliphatic hydroxyl groups is 1. The van der Waals surface area contributed by atoms with E-state index < -0.39 is 0 Å². The van der Waals surface area contributed by atoms with E-state index in [9.17, 15) is 9.90 Å². The summed E-state index contributed by atoms with van der Waals surface area (Å²) in [5.74, 6) is 0.153. The van der Waals surface area contributed by atoms with E-state index >= 15 is 0 Å². The second kappa shape index (κ2) is 5.93. The zero-order chi connectivity index (χ0) is 15.9. The third kappa shape index (κ3) is 2.69. The van der Waals surface area contributed by atoms with Gasteiger partial charge in [-0.05, 0) is 84.5 Å². The van der Waals surface area contributed by atoms with Gasteiger partial charge in [-0.15, -0.1) is 0 Å². The van der Waals surface area contributed by atoms with Crippen LogP contribution in [-0.2, 0) is 4.79 Å². The molecule has 0 bridgehead atoms. The molecule has 0 spiro atoms. The van der Waals surface area contributed by atoms with E-state index in [-0.39, 0.29) is 17.3 Å². The third-order valence-corrected chi connectivity index (χ3v) is 5.83. The molecule has 1 saturated carbocycles. The van der Waals surface area contributed by atoms with Gasteiger partial charge in [0.15, 0.2) is 5.78 Å². The van der Waals surface area contributed by atoms with Gasteiger partial charge in [-0.2, -0.15) is 0 Å². The number of halogens is 1. The molecule has 0 aliphatic heterocycles. The minimum absolute atomic E-state index is 0.153. The second-order valence-electron chi connectivity index (χ2n) is 6.66. The number of fused-ring (bicyclic) bond motifs is 1. The smallest absolute Gasteiger partial charge is 0.184 e. The van der Waals surface area contributed by atoms with Crippen molar-refractivity contribution in [2.24, 2.45) is 5.41 Å². The SMILES string of the molecule is CC1=C2CCC[C@H](O)[C@@]2(C)CC(=Cc2cccc(I)c2)C1=O. The standard InChI is InChI=1S/C19H21IO2/c1-12-16-7-4-8-17(21)19(16,2)11-14(18(12)22)9-13-5-3-6-15(20)10-13/h3,5-6,9-10,17,21H,4,7-8,11H2,1-2H3/t17-,19-/m0/s1. The number of hydrogen-bond donors (Lipinski definition) is 1. The Morgan fingerprint density at radius 2 is 2.18 bits per heavy atom. The van der Waals surface area contributed by atoms with Crippen LogP contribution in [0.25, 0.3) is 6.08 Å². The fourth-order valence-corrected chi connectivity index (χ4v) is 4.45. The number of allylic oxidation sites excluding steroid dienone is 2. The van der Waals surface area contributed by atoms with E-state index in [0.29, 0.717) is 6.42 Å². The van der Waals surface area contributed by atoms with Crippen molar-refractivity contribution in [2.45, 2.75) is 45.6 Å². The second-order valence-corrected chi connectivity index (χ2v) is 7.91. The van der Waals surface area contributed by atoms with Gasteiger partial charge in [0.2, 0.25) is 0 Å². The zero-order valence-corrected chi connectivity index (χ0v) is 15.2. The van der Waals surface area contributed by atoms with Gasteiger partial charge in [-0.1, -0.05) is 24.6 Å². The van der Waals surface area contributed by atoms with E-state index in [1.165, 1.54) is 5.57 Å². The highest BCUT2D eigenvalue weighted by atomic mass is 127. The summed E-state index contributed by atoms with van der Waals surface area (Å²) >= 11 is 2.28. The average Bonchev–Trinajstić information content (AvgIpc) is 2.47. The zero-order valence-electron chi connectivity index (χ0n) is 13.0. The maximum Gasteiger partial charge on any atom is 0.184 e. The maximum absolute atomic E-state index is 12.7. The van der Waals surface area contributed by atoms with Crippen LogP contribution in [0.2, 0.25) is 0 Å². The number of ketones is 1. The number of carbonyl (C=O) groups is 1. The number of Topliss-reactive ketones (excluding diaryl/α,β-unsaturated/α-hetero) is 1. The molecule has 1 N–H and O–H groups in total. The average molecular weight is 408 g/mol. The summed E-state index contributed by atoms with van der Waals surface area (Å²) in [6.07, 6.45) is 5.05. The summed E-state index contributed by atoms with van der Waals surface area (Å²) < 4.78 is 1.16. The van der Waals surface area contributed by atoms with Crippen molar-refractivity contribution in [2.75, 3.05) is 0 Å². The molecule has 0 saturated heterocycles. The number of carbonyl (C=O) groups excluding carboxylic acids is 1. The minimum Gasteiger partial charge on any atom is -0.392 e. The Hall–Kier alpha value is -0.940. The maximum atomic E-state index is 12.7. The van der Waals surface area contributed by atoms with Crippen LogP contribution < -0.4 is 0 Å². The molecule has 0 aromatic heterocycles. The van der Waals surface area contributed by atoms with Crippen molar-refractivity contribution in [3.63, 3.8) is 0 Å². The number of aliphatic hydroxyl groups excluding tert-OH is 1. The Bertz CT molecular complexity index is 686. The van der Waals surface area contributed by atoms with Crippen LogP contribution >= 0.6 is 22.6 Å². The topological polar surface area (TPSA) is 37.3 Å². The molecule has 2 atom stereocenters. The highest BCUT2D eigenvalue weighted by Gasteiger charge is 2.45. The first-order chi connectivity index (χ1) is 10.4. The first kappa shape index (κ1) is 15.9. The van der Waals surface area contributed by atoms with Crippen LogP contribution in [-0.4, -0.2) is 17.0 Å². The summed E-state index contributed by atoms with van der Waals surface area (Å²) in [5, 5.41) is 10.5. The highest BCUT2D eigenvalue weighted by Crippen LogP contribution is 2.50. The molecule has 1 aromatic rings. The molecule has 2 nitrogen and oxygen atoms in total. The summed E-state index contributed by atoms with van der Waals surface area (Å²) in [6, 6.07) is 8.15. The van der Waals surface area contributed by atoms with E-state index in [1.54, 1.807) is 0 Å². The Morgan fingerprint density at radius 1 is 1.41 bits per heavy atom. The molecule has 0 unspecified atom stereocenters. The lowest BCUT2D eigenvalue weighted by molar-refractivity contribution is -0.113. The van der Waals surface area contributed by atoms with Gasteiger partial charge >= 0.3 is 0 Å². The first-order valence-electron chi connectivity index (χ1n) is 7.81. The van der Waals surface area contributed by atoms with E-state index in [1.807, 2.05) is 31.2 Å². The lowest BCUT2D eigenvalue weighted by atomic mass is 9.61. The monoisotopic (exact) mass is 408 g/mol. The minimum atomic E-state index is -0.349. The van der Waals surface area contributed by atoms with Crippen molar-refractivity contribution in [3.05, 3.63) is 50.1 Å². The van der Waals surface area contributed by atoms with Crippen molar-refractivity contribution in [1.82, 2.24) is 0 Å². The molecule has 3 heteroatoms. The van der Waals surface area contributed by atoms with Gasteiger partial charge in [-0.3, -0.25) is 4.79 Å². The van der Waals surface area contributed by atoms with Gasteiger partial charge in [0.25, 0.3) is 0 Å². The van der Waals surface area contributed by atoms with E-state index in [2.05, 4.69) is 35.6 Å². The Balaban J connectivity index is 2.05. The van der Waals surface area contributed by atoms with Crippen LogP contribution in [0.4, 0.5) is 0 Å². The number of benzene rings is 1. The van der Waals surface area contributed by atoms with Crippen LogP contribution in [0.5, 0.6) is 0 Å². The summed E-state index contributed by atoms with van der Waals surface area (Å²) in [4.78, 5) is 12.7. The Kier molecular flexibility index (Phi) is 4.29. The lowest BCUT2D eigenvalue weighted by Crippen LogP contribution is -2.42. The van der Waals surface area contributed by atoms with Crippen LogP contribution in [0.3, 0.4) is 0 Å². The highest BCUT2D eigenvalue weighted by molar-refractivity contribution is 14.1. The van der Waals surface area contributed by atoms with E-state index in [0.717, 1.165) is 39.5 Å². The molecular formula is C19H21IO2. The largest absolute Gasteiger partial charge is 0.392 e. The van der Waals surface area contributed by atoms with Gasteiger partial charge < -0.3 is 5.11 Å². The molecule has 116 valence electrons. The molecule has 0 amide bonds. The van der Waals surface area contributed by atoms with Crippen LogP contribution in [0.15, 0.2) is 41.0 Å². The molecular weight excluding hydrogens is 387 g/mol. The first-order valence-corrected chi connectivity index (χ1v) is 8.89. The van der Waals surface area contributed by atoms with Gasteiger partial charge in [-0.25, -0.2) is 0 Å². The lowest BCUT2D eigenvalue weighted by Gasteiger charge is -2.45. The van der Waals surface area contributed by atoms with E-state index in [4.69, 9.17) is 0 Å². The fourth-order valence-electron chi connectivity index (χ4n) is 3.89. The van der Waals surface area contributed by atoms with Crippen LogP contribution in [0, 0.1) is 8.99 Å². The number of hydrogen-bond acceptors (Lipinski definition) is 2. The quantitative estimate of drug-likeness (QED) is 0.548. The van der Waals surface area contributed by atoms with Gasteiger partial charge in [0.1, 0.15) is 0 Å². The van der Waals surface area contributed by atoms with Crippen molar-refractivity contribution < 1.29 is 9.90 Å². The molecule has 1 aromatic carbocycles. The summed E-state index contributed by atoms with van der Waals surface area (Å²) in [7, 11) is 0. The Morgan fingerprint density at radius 3 is 2.91 bits per heavy atom. The van der Waals surface area contributed by atoms with Crippen LogP contribution in [0.1, 0.15) is 45.1 Å². The predicted octanol–water partition coefficient (Wildman–Crippen LogP) is 4.52. The van der Waals surface area contributed by atoms with Crippen molar-refractivity contribution in [3.8, 4) is 0 Å². The van der Waals surface area contributed by atoms with Crippen molar-refractivity contribution in [1.29, 1.82) is 0 Å². The number of rotatable bonds is 1. The Labute approximate surface area is 145 Å². The third-order valence-electron chi connectivity index (χ3n) is 5.16.